The van der Waals surface area contributed by atoms with Crippen molar-refractivity contribution in [3.8, 4) is 12.0 Å². The van der Waals surface area contributed by atoms with Gasteiger partial charge in [0.1, 0.15) is 0 Å². The summed E-state index contributed by atoms with van der Waals surface area (Å²) >= 11 is 0. The third kappa shape index (κ3) is 5.08. The first-order chi connectivity index (χ1) is 15.9. The van der Waals surface area contributed by atoms with Crippen molar-refractivity contribution in [1.82, 2.24) is 24.5 Å². The number of rotatable bonds is 8. The molecule has 0 aliphatic carbocycles. The number of esters is 1. The molecule has 33 heavy (non-hydrogen) atoms. The highest BCUT2D eigenvalue weighted by Gasteiger charge is 2.21. The minimum Gasteiger partial charge on any atom is -0.463 e. The van der Waals surface area contributed by atoms with E-state index in [1.54, 1.807) is 22.9 Å². The van der Waals surface area contributed by atoms with Gasteiger partial charge in [-0.3, -0.25) is 9.55 Å². The first-order valence-corrected chi connectivity index (χ1v) is 10.8. The lowest BCUT2D eigenvalue weighted by Gasteiger charge is -2.10. The molecular weight excluding hydrogens is 420 g/mol. The highest BCUT2D eigenvalue weighted by molar-refractivity contribution is 5.91. The number of imidazole rings is 1. The number of unbranched alkanes of at least 4 members (excludes halogenated alkanes) is 1. The Morgan fingerprint density at radius 2 is 1.85 bits per heavy atom. The molecular formula is C24H26N6O3. The Kier molecular flexibility index (Phi) is 6.48. The number of anilines is 1. The van der Waals surface area contributed by atoms with Crippen LogP contribution in [0.3, 0.4) is 0 Å². The van der Waals surface area contributed by atoms with E-state index in [-0.39, 0.29) is 17.8 Å². The zero-order chi connectivity index (χ0) is 23.4. The van der Waals surface area contributed by atoms with E-state index in [9.17, 15) is 4.79 Å². The van der Waals surface area contributed by atoms with E-state index in [4.69, 9.17) is 15.2 Å². The van der Waals surface area contributed by atoms with Crippen molar-refractivity contribution in [2.45, 2.75) is 40.2 Å². The van der Waals surface area contributed by atoms with Gasteiger partial charge in [-0.05, 0) is 44.0 Å². The summed E-state index contributed by atoms with van der Waals surface area (Å²) in [5, 5.41) is 0. The van der Waals surface area contributed by atoms with Crippen LogP contribution in [0.25, 0.3) is 11.2 Å². The van der Waals surface area contributed by atoms with Gasteiger partial charge < -0.3 is 15.2 Å². The van der Waals surface area contributed by atoms with Crippen molar-refractivity contribution >= 4 is 23.0 Å². The van der Waals surface area contributed by atoms with Gasteiger partial charge >= 0.3 is 18.0 Å². The number of carbonyl (C=O) groups excluding carboxylic acids is 1. The van der Waals surface area contributed by atoms with Crippen LogP contribution in [0.15, 0.2) is 42.6 Å². The fourth-order valence-corrected chi connectivity index (χ4v) is 3.18. The molecule has 0 amide bonds. The Morgan fingerprint density at radius 3 is 2.55 bits per heavy atom. The van der Waals surface area contributed by atoms with Gasteiger partial charge in [0, 0.05) is 11.9 Å². The van der Waals surface area contributed by atoms with Crippen molar-refractivity contribution in [2.75, 3.05) is 12.3 Å². The van der Waals surface area contributed by atoms with Gasteiger partial charge in [0.25, 0.3) is 0 Å². The van der Waals surface area contributed by atoms with Crippen LogP contribution in [-0.2, 0) is 6.54 Å². The van der Waals surface area contributed by atoms with Crippen molar-refractivity contribution in [3.63, 3.8) is 0 Å². The monoisotopic (exact) mass is 446 g/mol. The van der Waals surface area contributed by atoms with Crippen LogP contribution < -0.4 is 15.2 Å². The van der Waals surface area contributed by atoms with E-state index in [0.29, 0.717) is 29.9 Å². The molecule has 9 heteroatoms. The Hall–Kier alpha value is -4.01. The van der Waals surface area contributed by atoms with Crippen molar-refractivity contribution in [2.24, 2.45) is 0 Å². The molecule has 2 N–H and O–H groups in total. The lowest BCUT2D eigenvalue weighted by Crippen LogP contribution is -2.13. The molecule has 0 unspecified atom stereocenters. The van der Waals surface area contributed by atoms with Crippen LogP contribution in [0.2, 0.25) is 0 Å². The van der Waals surface area contributed by atoms with Crippen molar-refractivity contribution < 1.29 is 14.3 Å². The number of nitrogens with zero attached hydrogens (tertiary/aromatic N) is 5. The maximum atomic E-state index is 12.8. The SMILES string of the molecule is CCCCOc1nc(N)c2nc(OC(=O)c3ccc(C)cc3)n(Cc3ccc(C)nc3)c2n1. The number of fused-ring (bicyclic) bond motifs is 1. The number of hydrogen-bond acceptors (Lipinski definition) is 8. The number of ether oxygens (including phenoxy) is 2. The summed E-state index contributed by atoms with van der Waals surface area (Å²) < 4.78 is 13.0. The van der Waals surface area contributed by atoms with E-state index in [1.165, 1.54) is 0 Å². The Morgan fingerprint density at radius 1 is 1.06 bits per heavy atom. The highest BCUT2D eigenvalue weighted by Crippen LogP contribution is 2.27. The molecule has 0 aliphatic rings. The van der Waals surface area contributed by atoms with Crippen LogP contribution >= 0.6 is 0 Å². The van der Waals surface area contributed by atoms with Crippen LogP contribution in [0.4, 0.5) is 5.82 Å². The minimum atomic E-state index is -0.528. The molecule has 0 bridgehead atoms. The smallest absolute Gasteiger partial charge is 0.345 e. The third-order valence-electron chi connectivity index (χ3n) is 5.08. The first-order valence-electron chi connectivity index (χ1n) is 10.8. The van der Waals surface area contributed by atoms with Crippen LogP contribution in [0.1, 0.15) is 46.9 Å². The molecule has 0 radical (unpaired) electrons. The predicted molar refractivity (Wildman–Crippen MR) is 124 cm³/mol. The highest BCUT2D eigenvalue weighted by atomic mass is 16.6. The summed E-state index contributed by atoms with van der Waals surface area (Å²) in [7, 11) is 0. The van der Waals surface area contributed by atoms with E-state index < -0.39 is 5.97 Å². The Bertz CT molecular complexity index is 1270. The lowest BCUT2D eigenvalue weighted by molar-refractivity contribution is 0.0714. The molecule has 4 rings (SSSR count). The van der Waals surface area contributed by atoms with Crippen LogP contribution in [0, 0.1) is 13.8 Å². The number of aryl methyl sites for hydroxylation is 2. The second kappa shape index (κ2) is 9.64. The van der Waals surface area contributed by atoms with Crippen LogP contribution in [-0.4, -0.2) is 37.1 Å². The Balaban J connectivity index is 1.74. The minimum absolute atomic E-state index is 0.0721. The second-order valence-corrected chi connectivity index (χ2v) is 7.81. The molecule has 1 aromatic carbocycles. The van der Waals surface area contributed by atoms with Gasteiger partial charge in [-0.2, -0.15) is 15.0 Å². The maximum Gasteiger partial charge on any atom is 0.345 e. The molecule has 0 fully saturated rings. The molecule has 0 saturated heterocycles. The number of nitrogen functional groups attached to an aromatic ring is 1. The zero-order valence-corrected chi connectivity index (χ0v) is 18.9. The summed E-state index contributed by atoms with van der Waals surface area (Å²) in [4.78, 5) is 30.3. The van der Waals surface area contributed by atoms with E-state index in [0.717, 1.165) is 29.7 Å². The van der Waals surface area contributed by atoms with Gasteiger partial charge in [-0.25, -0.2) is 4.79 Å². The molecule has 0 spiro atoms. The fourth-order valence-electron chi connectivity index (χ4n) is 3.18. The van der Waals surface area contributed by atoms with E-state index in [2.05, 4.69) is 26.9 Å². The number of hydrogen-bond donors (Lipinski definition) is 1. The Labute approximate surface area is 191 Å². The van der Waals surface area contributed by atoms with Gasteiger partial charge in [0.05, 0.1) is 18.7 Å². The summed E-state index contributed by atoms with van der Waals surface area (Å²) in [6.07, 6.45) is 3.61. The fraction of sp³-hybridized carbons (Fsp3) is 0.292. The molecule has 0 aliphatic heterocycles. The van der Waals surface area contributed by atoms with Gasteiger partial charge in [0.15, 0.2) is 17.0 Å². The largest absolute Gasteiger partial charge is 0.463 e. The van der Waals surface area contributed by atoms with Crippen LogP contribution in [0.5, 0.6) is 12.0 Å². The standard InChI is InChI=1S/C24H26N6O3/c1-4-5-12-32-23-28-20(25)19-21(29-23)30(14-17-9-8-16(3)26-13-17)24(27-19)33-22(31)18-10-6-15(2)7-11-18/h6-11,13H,4-5,12,14H2,1-3H3,(H2,25,28,29). The molecule has 3 heterocycles. The predicted octanol–water partition coefficient (Wildman–Crippen LogP) is 3.87. The lowest BCUT2D eigenvalue weighted by atomic mass is 10.1. The zero-order valence-electron chi connectivity index (χ0n) is 18.9. The summed E-state index contributed by atoms with van der Waals surface area (Å²) in [6, 6.07) is 11.2. The first kappa shape index (κ1) is 22.2. The number of nitrogens with two attached hydrogens (primary N) is 1. The second-order valence-electron chi connectivity index (χ2n) is 7.81. The topological polar surface area (TPSA) is 118 Å². The number of benzene rings is 1. The van der Waals surface area contributed by atoms with E-state index >= 15 is 0 Å². The normalized spacial score (nSPS) is 11.0. The molecule has 4 aromatic rings. The quantitative estimate of drug-likeness (QED) is 0.320. The third-order valence-corrected chi connectivity index (χ3v) is 5.08. The van der Waals surface area contributed by atoms with Gasteiger partial charge in [0.2, 0.25) is 0 Å². The molecule has 3 aromatic heterocycles. The number of pyridine rings is 1. The maximum absolute atomic E-state index is 12.8. The summed E-state index contributed by atoms with van der Waals surface area (Å²) in [6.45, 7) is 6.74. The molecule has 170 valence electrons. The average Bonchev–Trinajstić information content (AvgIpc) is 3.13. The molecule has 9 nitrogen and oxygen atoms in total. The average molecular weight is 447 g/mol. The molecule has 0 saturated carbocycles. The van der Waals surface area contributed by atoms with Gasteiger partial charge in [-0.15, -0.1) is 0 Å². The summed E-state index contributed by atoms with van der Waals surface area (Å²) in [5.74, 6) is -0.376. The van der Waals surface area contributed by atoms with Crippen molar-refractivity contribution in [1.29, 1.82) is 0 Å². The van der Waals surface area contributed by atoms with Crippen molar-refractivity contribution in [3.05, 3.63) is 65.0 Å². The van der Waals surface area contributed by atoms with E-state index in [1.807, 2.05) is 38.1 Å². The summed E-state index contributed by atoms with van der Waals surface area (Å²) in [5.41, 5.74) is 10.2. The molecule has 0 atom stereocenters. The van der Waals surface area contributed by atoms with Gasteiger partial charge in [-0.1, -0.05) is 37.1 Å². The number of carbonyl (C=O) groups is 1. The number of aromatic nitrogens is 5.